The van der Waals surface area contributed by atoms with Gasteiger partial charge in [0.25, 0.3) is 10.0 Å². The molecule has 0 fully saturated rings. The van der Waals surface area contributed by atoms with E-state index in [-0.39, 0.29) is 10.5 Å². The molecule has 2 N–H and O–H groups in total. The van der Waals surface area contributed by atoms with Crippen LogP contribution in [0.5, 0.6) is 5.75 Å². The Balaban J connectivity index is 1.44. The number of nitrogens with one attached hydrogen (secondary N) is 1. The molecule has 226 valence electrons. The molecule has 2 aromatic carbocycles. The summed E-state index contributed by atoms with van der Waals surface area (Å²) in [4.78, 5) is 14.0. The standard InChI is InChI=1S/C31H45N3O5S2/c1-3-4-5-6-7-8-9-10-11-12-13-14-15-18-23-39-25-21-22-26(30(35)36)29(24-25)41(37,38)33-32-31-34(2)27-19-16-17-20-28(27)40-31/h16-17,19-22,24,33H,3-15,18,23H2,1-2H3,(H,35,36)/b32-31+. The van der Waals surface area contributed by atoms with Gasteiger partial charge in [0.2, 0.25) is 4.80 Å². The molecule has 0 amide bonds. The van der Waals surface area contributed by atoms with Crippen molar-refractivity contribution in [3.63, 3.8) is 0 Å². The van der Waals surface area contributed by atoms with Crippen LogP contribution in [0, 0.1) is 0 Å². The SMILES string of the molecule is CCCCCCCCCCCCCCCCOc1ccc(C(=O)O)c(S(=O)(=O)N/N=c2/sc3ccccc3n2C)c1. The van der Waals surface area contributed by atoms with Crippen molar-refractivity contribution in [3.8, 4) is 5.75 Å². The van der Waals surface area contributed by atoms with Crippen LogP contribution in [-0.2, 0) is 17.1 Å². The number of carbonyl (C=O) groups is 1. The Labute approximate surface area is 248 Å². The Hall–Kier alpha value is -2.85. The third-order valence-corrected chi connectivity index (χ3v) is 9.58. The molecule has 0 saturated heterocycles. The number of rotatable bonds is 20. The minimum absolute atomic E-state index is 0.317. The lowest BCUT2D eigenvalue weighted by Gasteiger charge is -2.11. The summed E-state index contributed by atoms with van der Waals surface area (Å²) in [6.07, 6.45) is 17.7. The van der Waals surface area contributed by atoms with Crippen molar-refractivity contribution in [2.75, 3.05) is 6.61 Å². The molecule has 0 radical (unpaired) electrons. The number of ether oxygens (including phenoxy) is 1. The molecule has 0 aliphatic heterocycles. The van der Waals surface area contributed by atoms with E-state index in [9.17, 15) is 18.3 Å². The first-order valence-corrected chi connectivity index (χ1v) is 17.2. The number of hydrogen-bond donors (Lipinski definition) is 2. The van der Waals surface area contributed by atoms with Gasteiger partial charge in [0.15, 0.2) is 0 Å². The molecule has 0 aliphatic rings. The van der Waals surface area contributed by atoms with Crippen LogP contribution in [-0.4, -0.2) is 30.7 Å². The van der Waals surface area contributed by atoms with Gasteiger partial charge < -0.3 is 14.4 Å². The lowest BCUT2D eigenvalue weighted by Crippen LogP contribution is -2.25. The van der Waals surface area contributed by atoms with Gasteiger partial charge >= 0.3 is 5.97 Å². The number of hydrogen-bond acceptors (Lipinski definition) is 6. The fourth-order valence-electron chi connectivity index (χ4n) is 4.81. The second-order valence-electron chi connectivity index (χ2n) is 10.5. The zero-order valence-corrected chi connectivity index (χ0v) is 26.1. The highest BCUT2D eigenvalue weighted by Crippen LogP contribution is 2.23. The maximum Gasteiger partial charge on any atom is 0.337 e. The third-order valence-electron chi connectivity index (χ3n) is 7.22. The van der Waals surface area contributed by atoms with Gasteiger partial charge in [-0.25, -0.2) is 4.79 Å². The van der Waals surface area contributed by atoms with Crippen molar-refractivity contribution in [1.82, 2.24) is 9.40 Å². The molecule has 0 bridgehead atoms. The number of aryl methyl sites for hydroxylation is 1. The molecule has 41 heavy (non-hydrogen) atoms. The van der Waals surface area contributed by atoms with E-state index in [0.717, 1.165) is 29.5 Å². The Morgan fingerprint density at radius 2 is 1.49 bits per heavy atom. The van der Waals surface area contributed by atoms with Crippen LogP contribution in [0.25, 0.3) is 10.2 Å². The molecule has 1 heterocycles. The minimum atomic E-state index is -4.25. The topological polar surface area (TPSA) is 110 Å². The summed E-state index contributed by atoms with van der Waals surface area (Å²) in [6.45, 7) is 2.70. The van der Waals surface area contributed by atoms with E-state index in [1.807, 2.05) is 24.3 Å². The van der Waals surface area contributed by atoms with Crippen LogP contribution in [0.3, 0.4) is 0 Å². The number of aromatic nitrogens is 1. The summed E-state index contributed by atoms with van der Waals surface area (Å²) in [5.74, 6) is -1.02. The Morgan fingerprint density at radius 3 is 2.07 bits per heavy atom. The van der Waals surface area contributed by atoms with Gasteiger partial charge in [0.1, 0.15) is 10.6 Å². The van der Waals surface area contributed by atoms with Gasteiger partial charge in [-0.05, 0) is 30.7 Å². The fraction of sp³-hybridized carbons (Fsp3) is 0.548. The maximum atomic E-state index is 13.1. The zero-order valence-electron chi connectivity index (χ0n) is 24.4. The second-order valence-corrected chi connectivity index (χ2v) is 13.2. The number of nitrogens with zero attached hydrogens (tertiary/aromatic N) is 2. The predicted molar refractivity (Wildman–Crippen MR) is 166 cm³/mol. The Morgan fingerprint density at radius 1 is 0.902 bits per heavy atom. The van der Waals surface area contributed by atoms with Crippen LogP contribution in [0.1, 0.15) is 107 Å². The summed E-state index contributed by atoms with van der Waals surface area (Å²) in [7, 11) is -2.46. The predicted octanol–water partition coefficient (Wildman–Crippen LogP) is 7.59. The number of benzene rings is 2. The van der Waals surface area contributed by atoms with Gasteiger partial charge in [0.05, 0.1) is 22.4 Å². The molecule has 0 atom stereocenters. The highest BCUT2D eigenvalue weighted by molar-refractivity contribution is 7.89. The first kappa shape index (κ1) is 32.7. The number of carboxylic acid groups (broad SMARTS) is 1. The van der Waals surface area contributed by atoms with E-state index in [0.29, 0.717) is 17.2 Å². The zero-order chi connectivity index (χ0) is 29.5. The summed E-state index contributed by atoms with van der Waals surface area (Å²) in [5, 5.41) is 13.7. The first-order chi connectivity index (χ1) is 19.8. The van der Waals surface area contributed by atoms with E-state index in [1.165, 1.54) is 100 Å². The van der Waals surface area contributed by atoms with Gasteiger partial charge in [-0.1, -0.05) is 114 Å². The van der Waals surface area contributed by atoms with E-state index >= 15 is 0 Å². The fourth-order valence-corrected chi connectivity index (χ4v) is 6.87. The van der Waals surface area contributed by atoms with Crippen molar-refractivity contribution in [1.29, 1.82) is 0 Å². The molecule has 8 nitrogen and oxygen atoms in total. The summed E-state index contributed by atoms with van der Waals surface area (Å²) in [6, 6.07) is 11.7. The quantitative estimate of drug-likeness (QED) is 0.102. The third kappa shape index (κ3) is 10.5. The number of aromatic carboxylic acids is 1. The van der Waals surface area contributed by atoms with E-state index in [1.54, 1.807) is 11.6 Å². The summed E-state index contributed by atoms with van der Waals surface area (Å²) >= 11 is 1.33. The second kappa shape index (κ2) is 17.2. The van der Waals surface area contributed by atoms with Crippen LogP contribution < -0.4 is 14.4 Å². The minimum Gasteiger partial charge on any atom is -0.494 e. The number of thiazole rings is 1. The molecule has 0 saturated carbocycles. The largest absolute Gasteiger partial charge is 0.494 e. The molecule has 0 spiro atoms. The molecule has 0 aliphatic carbocycles. The highest BCUT2D eigenvalue weighted by Gasteiger charge is 2.23. The van der Waals surface area contributed by atoms with Crippen molar-refractivity contribution >= 4 is 37.5 Å². The van der Waals surface area contributed by atoms with Crippen molar-refractivity contribution in [3.05, 3.63) is 52.8 Å². The van der Waals surface area contributed by atoms with Gasteiger partial charge in [0, 0.05) is 13.1 Å². The van der Waals surface area contributed by atoms with E-state index < -0.39 is 16.0 Å². The van der Waals surface area contributed by atoms with E-state index in [4.69, 9.17) is 4.74 Å². The molecular formula is C31H45N3O5S2. The summed E-state index contributed by atoms with van der Waals surface area (Å²) < 4.78 is 34.7. The number of fused-ring (bicyclic) bond motifs is 1. The normalized spacial score (nSPS) is 12.2. The first-order valence-electron chi connectivity index (χ1n) is 14.9. The maximum absolute atomic E-state index is 13.1. The Bertz CT molecular complexity index is 1410. The number of sulfonamides is 1. The van der Waals surface area contributed by atoms with Crippen molar-refractivity contribution in [2.24, 2.45) is 12.1 Å². The Kier molecular flexibility index (Phi) is 13.7. The monoisotopic (exact) mass is 603 g/mol. The number of carboxylic acids is 1. The molecular weight excluding hydrogens is 558 g/mol. The van der Waals surface area contributed by atoms with Crippen LogP contribution >= 0.6 is 11.3 Å². The molecule has 3 aromatic rings. The lowest BCUT2D eigenvalue weighted by molar-refractivity contribution is 0.0692. The summed E-state index contributed by atoms with van der Waals surface area (Å²) in [5.41, 5.74) is 0.581. The number of unbranched alkanes of at least 4 members (excludes halogenated alkanes) is 13. The van der Waals surface area contributed by atoms with Crippen molar-refractivity contribution in [2.45, 2.75) is 102 Å². The van der Waals surface area contributed by atoms with Gasteiger partial charge in [-0.3, -0.25) is 0 Å². The van der Waals surface area contributed by atoms with Gasteiger partial charge in [-0.2, -0.15) is 13.2 Å². The number of para-hydroxylation sites is 1. The molecule has 10 heteroatoms. The van der Waals surface area contributed by atoms with Gasteiger partial charge in [-0.15, -0.1) is 5.10 Å². The molecule has 3 rings (SSSR count). The molecule has 0 unspecified atom stereocenters. The van der Waals surface area contributed by atoms with E-state index in [2.05, 4.69) is 16.9 Å². The smallest absolute Gasteiger partial charge is 0.337 e. The average molecular weight is 604 g/mol. The van der Waals surface area contributed by atoms with Crippen LogP contribution in [0.4, 0.5) is 0 Å². The molecule has 1 aromatic heterocycles. The van der Waals surface area contributed by atoms with Crippen molar-refractivity contribution < 1.29 is 23.1 Å². The lowest BCUT2D eigenvalue weighted by atomic mass is 10.0. The van der Waals surface area contributed by atoms with Crippen LogP contribution in [0.15, 0.2) is 52.5 Å². The average Bonchev–Trinajstić information content (AvgIpc) is 3.29. The van der Waals surface area contributed by atoms with Crippen LogP contribution in [0.2, 0.25) is 0 Å². The highest BCUT2D eigenvalue weighted by atomic mass is 32.2.